The van der Waals surface area contributed by atoms with E-state index in [-0.39, 0.29) is 0 Å². The molecule has 0 fully saturated rings. The van der Waals surface area contributed by atoms with E-state index in [0.29, 0.717) is 0 Å². The lowest BCUT2D eigenvalue weighted by atomic mass is 10.1. The minimum absolute atomic E-state index is 0.924. The van der Waals surface area contributed by atoms with E-state index in [4.69, 9.17) is 4.98 Å². The van der Waals surface area contributed by atoms with E-state index in [1.165, 1.54) is 71.3 Å². The fourth-order valence-corrected chi connectivity index (χ4v) is 10.1. The molecule has 0 spiro atoms. The van der Waals surface area contributed by atoms with Crippen molar-refractivity contribution in [2.75, 3.05) is 4.90 Å². The van der Waals surface area contributed by atoms with Gasteiger partial charge in [0.15, 0.2) is 0 Å². The van der Waals surface area contributed by atoms with Crippen LogP contribution >= 0.6 is 34.0 Å². The third-order valence-electron chi connectivity index (χ3n) is 8.70. The first-order valence-corrected chi connectivity index (χ1v) is 17.1. The van der Waals surface area contributed by atoms with Crippen molar-refractivity contribution in [2.45, 2.75) is 0 Å². The molecule has 4 heterocycles. The number of fused-ring (bicyclic) bond motifs is 11. The third kappa shape index (κ3) is 3.61. The van der Waals surface area contributed by atoms with Crippen molar-refractivity contribution in [1.29, 1.82) is 0 Å². The lowest BCUT2D eigenvalue weighted by Gasteiger charge is -2.24. The molecule has 0 atom stereocenters. The molecule has 4 aromatic heterocycles. The van der Waals surface area contributed by atoms with Gasteiger partial charge in [-0.15, -0.1) is 34.0 Å². The van der Waals surface area contributed by atoms with Crippen LogP contribution in [0.2, 0.25) is 0 Å². The number of rotatable bonds is 3. The van der Waals surface area contributed by atoms with E-state index in [0.717, 1.165) is 17.2 Å². The minimum atomic E-state index is 0.924. The van der Waals surface area contributed by atoms with Crippen LogP contribution in [0.1, 0.15) is 0 Å². The van der Waals surface area contributed by atoms with Crippen LogP contribution in [-0.2, 0) is 0 Å². The van der Waals surface area contributed by atoms with Gasteiger partial charge >= 0.3 is 0 Å². The number of aromatic nitrogens is 1. The van der Waals surface area contributed by atoms with Crippen molar-refractivity contribution < 1.29 is 0 Å². The van der Waals surface area contributed by atoms with Crippen molar-refractivity contribution in [1.82, 2.24) is 4.98 Å². The highest BCUT2D eigenvalue weighted by Crippen LogP contribution is 2.45. The lowest BCUT2D eigenvalue weighted by Crippen LogP contribution is -2.11. The number of thiophene rings is 3. The number of benzene rings is 6. The van der Waals surface area contributed by atoms with Crippen molar-refractivity contribution in [3.8, 4) is 0 Å². The van der Waals surface area contributed by atoms with Gasteiger partial charge in [-0.25, -0.2) is 4.98 Å². The van der Waals surface area contributed by atoms with Crippen LogP contribution in [0.15, 0.2) is 134 Å². The molecule has 0 aliphatic heterocycles. The van der Waals surface area contributed by atoms with Crippen molar-refractivity contribution in [3.05, 3.63) is 134 Å². The molecule has 0 N–H and O–H groups in total. The molecule has 44 heavy (non-hydrogen) atoms. The number of nitrogens with zero attached hydrogens (tertiary/aromatic N) is 2. The number of pyridine rings is 1. The van der Waals surface area contributed by atoms with Gasteiger partial charge in [-0.05, 0) is 59.3 Å². The quantitative estimate of drug-likeness (QED) is 0.197. The van der Waals surface area contributed by atoms with E-state index in [9.17, 15) is 0 Å². The van der Waals surface area contributed by atoms with Gasteiger partial charge < -0.3 is 0 Å². The number of hydrogen-bond acceptors (Lipinski definition) is 5. The summed E-state index contributed by atoms with van der Waals surface area (Å²) in [7, 11) is 0. The first kappa shape index (κ1) is 24.6. The highest BCUT2D eigenvalue weighted by molar-refractivity contribution is 7.27. The largest absolute Gasteiger partial charge is 0.295 e. The molecule has 0 unspecified atom stereocenters. The van der Waals surface area contributed by atoms with Gasteiger partial charge in [-0.2, -0.15) is 0 Å². The van der Waals surface area contributed by atoms with Crippen LogP contribution in [0.3, 0.4) is 0 Å². The average molecular weight is 615 g/mol. The summed E-state index contributed by atoms with van der Waals surface area (Å²) in [5.74, 6) is 0.924. The topological polar surface area (TPSA) is 16.1 Å². The normalized spacial score (nSPS) is 12.1. The van der Waals surface area contributed by atoms with Crippen LogP contribution in [-0.4, -0.2) is 4.98 Å². The molecular formula is C39H22N2S3. The van der Waals surface area contributed by atoms with Crippen LogP contribution in [0, 0.1) is 0 Å². The average Bonchev–Trinajstić information content (AvgIpc) is 3.75. The predicted octanol–water partition coefficient (Wildman–Crippen LogP) is 12.8. The second-order valence-corrected chi connectivity index (χ2v) is 14.4. The van der Waals surface area contributed by atoms with Gasteiger partial charge in [-0.3, -0.25) is 4.90 Å². The molecule has 0 radical (unpaired) electrons. The molecule has 5 heteroatoms. The molecule has 0 aliphatic rings. The van der Waals surface area contributed by atoms with E-state index >= 15 is 0 Å². The SMILES string of the molecule is c1ccc2c(c1)ccc1c3cnc(N(c4ccc5c(c4)sc4ccccc45)c4ccc5sc6ccccc6c5c4)cc3sc21. The number of anilines is 3. The lowest BCUT2D eigenvalue weighted by molar-refractivity contribution is 1.20. The van der Waals surface area contributed by atoms with E-state index in [1.54, 1.807) is 0 Å². The fraction of sp³-hybridized carbons (Fsp3) is 0. The Bertz CT molecular complexity index is 2750. The van der Waals surface area contributed by atoms with Crippen molar-refractivity contribution in [2.24, 2.45) is 0 Å². The Morgan fingerprint density at radius 3 is 1.89 bits per heavy atom. The Morgan fingerprint density at radius 1 is 0.409 bits per heavy atom. The second-order valence-electron chi connectivity index (χ2n) is 11.2. The summed E-state index contributed by atoms with van der Waals surface area (Å²) in [5, 5.41) is 10.2. The zero-order valence-corrected chi connectivity index (χ0v) is 25.8. The van der Waals surface area contributed by atoms with E-state index in [1.807, 2.05) is 34.0 Å². The molecule has 2 nitrogen and oxygen atoms in total. The standard InChI is InChI=1S/C39H22N2S3/c1-2-8-26-23(7-1)13-16-30-32-22-40-38(21-37(32)44-39(26)30)41(24-15-18-35-31(19-24)28-10-4-6-12-34(28)42-35)25-14-17-29-27-9-3-5-11-33(27)43-36(29)20-25/h1-22H. The summed E-state index contributed by atoms with van der Waals surface area (Å²) in [4.78, 5) is 7.48. The van der Waals surface area contributed by atoms with Gasteiger partial charge in [0.2, 0.25) is 0 Å². The van der Waals surface area contributed by atoms with Gasteiger partial charge in [0.05, 0.1) is 0 Å². The maximum absolute atomic E-state index is 5.15. The summed E-state index contributed by atoms with van der Waals surface area (Å²) in [5.41, 5.74) is 2.22. The van der Waals surface area contributed by atoms with E-state index in [2.05, 4.69) is 138 Å². The smallest absolute Gasteiger partial charge is 0.138 e. The molecule has 10 rings (SSSR count). The number of hydrogen-bond donors (Lipinski definition) is 0. The zero-order valence-electron chi connectivity index (χ0n) is 23.3. The van der Waals surface area contributed by atoms with Crippen molar-refractivity contribution in [3.63, 3.8) is 0 Å². The molecule has 0 aliphatic carbocycles. The Labute approximate surface area is 264 Å². The van der Waals surface area contributed by atoms with E-state index < -0.39 is 0 Å². The monoisotopic (exact) mass is 614 g/mol. The first-order chi connectivity index (χ1) is 21.8. The predicted molar refractivity (Wildman–Crippen MR) is 195 cm³/mol. The summed E-state index contributed by atoms with van der Waals surface area (Å²) in [6.45, 7) is 0. The van der Waals surface area contributed by atoms with Gasteiger partial charge in [-0.1, -0.05) is 78.9 Å². The summed E-state index contributed by atoms with van der Waals surface area (Å²) < 4.78 is 7.78. The molecule has 0 amide bonds. The van der Waals surface area contributed by atoms with Crippen molar-refractivity contribution >= 4 is 122 Å². The fourth-order valence-electron chi connectivity index (χ4n) is 6.63. The van der Waals surface area contributed by atoms with Crippen LogP contribution in [0.5, 0.6) is 0 Å². The first-order valence-electron chi connectivity index (χ1n) is 14.6. The molecule has 10 aromatic rings. The molecule has 0 saturated carbocycles. The Kier molecular flexibility index (Phi) is 5.23. The molecule has 6 aromatic carbocycles. The summed E-state index contributed by atoms with van der Waals surface area (Å²) in [6, 6.07) is 46.5. The van der Waals surface area contributed by atoms with Gasteiger partial charge in [0.1, 0.15) is 5.82 Å². The van der Waals surface area contributed by atoms with Crippen LogP contribution < -0.4 is 4.90 Å². The van der Waals surface area contributed by atoms with Crippen LogP contribution in [0.4, 0.5) is 17.2 Å². The zero-order chi connectivity index (χ0) is 28.8. The van der Waals surface area contributed by atoms with Crippen LogP contribution in [0.25, 0.3) is 71.3 Å². The molecular weight excluding hydrogens is 593 g/mol. The Morgan fingerprint density at radius 2 is 1.02 bits per heavy atom. The highest BCUT2D eigenvalue weighted by atomic mass is 32.1. The van der Waals surface area contributed by atoms with Gasteiger partial charge in [0.25, 0.3) is 0 Å². The Hall–Kier alpha value is -4.81. The minimum Gasteiger partial charge on any atom is -0.295 e. The highest BCUT2D eigenvalue weighted by Gasteiger charge is 2.19. The van der Waals surface area contributed by atoms with Gasteiger partial charge in [0, 0.05) is 78.1 Å². The molecule has 0 saturated heterocycles. The summed E-state index contributed by atoms with van der Waals surface area (Å²) >= 11 is 5.57. The maximum Gasteiger partial charge on any atom is 0.138 e. The Balaban J connectivity index is 1.22. The third-order valence-corrected chi connectivity index (χ3v) is 12.2. The second kappa shape index (κ2) is 9.34. The maximum atomic E-state index is 5.15. The summed E-state index contributed by atoms with van der Waals surface area (Å²) in [6.07, 6.45) is 2.07. The molecule has 206 valence electrons. The molecule has 0 bridgehead atoms.